The van der Waals surface area contributed by atoms with Gasteiger partial charge in [-0.2, -0.15) is 0 Å². The van der Waals surface area contributed by atoms with Crippen molar-refractivity contribution in [3.8, 4) is 11.5 Å². The monoisotopic (exact) mass is 361 g/mol. The number of fused-ring (bicyclic) bond motifs is 1. The van der Waals surface area contributed by atoms with Gasteiger partial charge in [0.2, 0.25) is 6.79 Å². The molecule has 0 fully saturated rings. The summed E-state index contributed by atoms with van der Waals surface area (Å²) in [5, 5.41) is 6.09. The smallest absolute Gasteiger partial charge is 0.274 e. The summed E-state index contributed by atoms with van der Waals surface area (Å²) >= 11 is 0. The number of benzene rings is 2. The Labute approximate surface area is 157 Å². The average molecular weight is 361 g/mol. The van der Waals surface area contributed by atoms with Gasteiger partial charge >= 0.3 is 0 Å². The van der Waals surface area contributed by atoms with Crippen LogP contribution in [0.5, 0.6) is 11.5 Å². The molecule has 136 valence electrons. The first-order chi connectivity index (χ1) is 13.2. The molecular weight excluding hydrogens is 342 g/mol. The Morgan fingerprint density at radius 3 is 2.44 bits per heavy atom. The van der Waals surface area contributed by atoms with Crippen LogP contribution in [0.4, 0.5) is 17.1 Å². The van der Waals surface area contributed by atoms with Crippen molar-refractivity contribution in [1.29, 1.82) is 0 Å². The second-order valence-corrected chi connectivity index (χ2v) is 6.13. The Balaban J connectivity index is 1.41. The molecule has 6 nitrogen and oxygen atoms in total. The molecule has 3 aromatic rings. The molecule has 0 aliphatic carbocycles. The lowest BCUT2D eigenvalue weighted by molar-refractivity contribution is 0.102. The molecule has 1 aromatic heterocycles. The fourth-order valence-corrected chi connectivity index (χ4v) is 2.76. The van der Waals surface area contributed by atoms with Gasteiger partial charge in [-0.25, -0.2) is 4.98 Å². The normalized spacial score (nSPS) is 11.9. The summed E-state index contributed by atoms with van der Waals surface area (Å²) in [6.45, 7) is 2.34. The summed E-state index contributed by atoms with van der Waals surface area (Å²) in [5.41, 5.74) is 3.96. The zero-order valence-electron chi connectivity index (χ0n) is 14.9. The Morgan fingerprint density at radius 1 is 0.963 bits per heavy atom. The molecule has 0 saturated heterocycles. The number of aromatic nitrogens is 1. The Kier molecular flexibility index (Phi) is 4.61. The molecule has 1 aliphatic rings. The van der Waals surface area contributed by atoms with Crippen molar-refractivity contribution in [2.45, 2.75) is 13.3 Å². The molecular formula is C21H19N3O3. The number of carbonyl (C=O) groups excluding carboxylic acids is 1. The highest BCUT2D eigenvalue weighted by atomic mass is 16.7. The summed E-state index contributed by atoms with van der Waals surface area (Å²) in [6, 6.07) is 16.9. The van der Waals surface area contributed by atoms with Crippen LogP contribution in [0.25, 0.3) is 0 Å². The van der Waals surface area contributed by atoms with Gasteiger partial charge in [0, 0.05) is 17.4 Å². The summed E-state index contributed by atoms with van der Waals surface area (Å²) in [7, 11) is 0. The molecule has 0 bridgehead atoms. The van der Waals surface area contributed by atoms with Crippen molar-refractivity contribution in [1.82, 2.24) is 4.98 Å². The van der Waals surface area contributed by atoms with Gasteiger partial charge in [-0.05, 0) is 48.4 Å². The first-order valence-electron chi connectivity index (χ1n) is 8.74. The molecule has 0 spiro atoms. The molecule has 0 atom stereocenters. The fraction of sp³-hybridized carbons (Fsp3) is 0.143. The van der Waals surface area contributed by atoms with Crippen LogP contribution in [0.2, 0.25) is 0 Å². The topological polar surface area (TPSA) is 72.5 Å². The third kappa shape index (κ3) is 3.84. The molecule has 1 aliphatic heterocycles. The van der Waals surface area contributed by atoms with E-state index in [1.807, 2.05) is 48.5 Å². The molecule has 2 N–H and O–H groups in total. The number of hydrogen-bond donors (Lipinski definition) is 2. The second kappa shape index (κ2) is 7.37. The van der Waals surface area contributed by atoms with E-state index in [2.05, 4.69) is 22.5 Å². The third-order valence-electron chi connectivity index (χ3n) is 4.28. The largest absolute Gasteiger partial charge is 0.454 e. The van der Waals surface area contributed by atoms with E-state index in [0.717, 1.165) is 29.2 Å². The number of ether oxygens (including phenoxy) is 2. The zero-order chi connectivity index (χ0) is 18.6. The minimum absolute atomic E-state index is 0.241. The lowest BCUT2D eigenvalue weighted by Gasteiger charge is -2.08. The van der Waals surface area contributed by atoms with Crippen LogP contribution in [0.3, 0.4) is 0 Å². The Bertz CT molecular complexity index is 953. The van der Waals surface area contributed by atoms with Gasteiger partial charge in [-0.15, -0.1) is 0 Å². The van der Waals surface area contributed by atoms with Gasteiger partial charge in [-0.1, -0.05) is 19.1 Å². The van der Waals surface area contributed by atoms with E-state index in [1.165, 1.54) is 5.56 Å². The summed E-state index contributed by atoms with van der Waals surface area (Å²) in [5.74, 6) is 1.20. The number of nitrogens with zero attached hydrogens (tertiary/aromatic N) is 1. The first-order valence-corrected chi connectivity index (χ1v) is 8.74. The molecule has 27 heavy (non-hydrogen) atoms. The number of rotatable bonds is 5. The van der Waals surface area contributed by atoms with Crippen molar-refractivity contribution >= 4 is 23.0 Å². The van der Waals surface area contributed by atoms with Crippen LogP contribution in [0.15, 0.2) is 60.8 Å². The standard InChI is InChI=1S/C21H19N3O3/c1-2-14-3-5-15(6-4-14)24-21(25)18-9-7-17(12-22-18)23-16-8-10-19-20(11-16)27-13-26-19/h3-12,23H,2,13H2,1H3,(H,24,25). The number of nitrogens with one attached hydrogen (secondary N) is 2. The van der Waals surface area contributed by atoms with Crippen LogP contribution < -0.4 is 20.1 Å². The number of pyridine rings is 1. The first kappa shape index (κ1) is 16.9. The van der Waals surface area contributed by atoms with Crippen LogP contribution in [-0.2, 0) is 6.42 Å². The summed E-state index contributed by atoms with van der Waals surface area (Å²) < 4.78 is 10.7. The predicted molar refractivity (Wildman–Crippen MR) is 104 cm³/mol. The second-order valence-electron chi connectivity index (χ2n) is 6.13. The molecule has 0 unspecified atom stereocenters. The lowest BCUT2D eigenvalue weighted by atomic mass is 10.1. The number of anilines is 3. The minimum Gasteiger partial charge on any atom is -0.454 e. The maximum atomic E-state index is 12.3. The van der Waals surface area contributed by atoms with Crippen LogP contribution >= 0.6 is 0 Å². The van der Waals surface area contributed by atoms with E-state index in [9.17, 15) is 4.79 Å². The van der Waals surface area contributed by atoms with Gasteiger partial charge < -0.3 is 20.1 Å². The van der Waals surface area contributed by atoms with Crippen molar-refractivity contribution in [3.63, 3.8) is 0 Å². The number of aryl methyl sites for hydroxylation is 1. The van der Waals surface area contributed by atoms with E-state index in [-0.39, 0.29) is 12.7 Å². The Hall–Kier alpha value is -3.54. The number of amides is 1. The molecule has 2 heterocycles. The quantitative estimate of drug-likeness (QED) is 0.706. The molecule has 1 amide bonds. The SMILES string of the molecule is CCc1ccc(NC(=O)c2ccc(Nc3ccc4c(c3)OCO4)cn2)cc1. The van der Waals surface area contributed by atoms with Crippen molar-refractivity contribution < 1.29 is 14.3 Å². The van der Waals surface area contributed by atoms with E-state index >= 15 is 0 Å². The van der Waals surface area contributed by atoms with E-state index in [0.29, 0.717) is 11.4 Å². The molecule has 2 aromatic carbocycles. The van der Waals surface area contributed by atoms with Crippen LogP contribution in [0, 0.1) is 0 Å². The molecule has 4 rings (SSSR count). The summed E-state index contributed by atoms with van der Waals surface area (Å²) in [4.78, 5) is 16.6. The van der Waals surface area contributed by atoms with Crippen molar-refractivity contribution in [3.05, 3.63) is 72.1 Å². The van der Waals surface area contributed by atoms with Gasteiger partial charge in [-0.3, -0.25) is 4.79 Å². The van der Waals surface area contributed by atoms with Gasteiger partial charge in [0.15, 0.2) is 11.5 Å². The maximum Gasteiger partial charge on any atom is 0.274 e. The van der Waals surface area contributed by atoms with E-state index in [4.69, 9.17) is 9.47 Å². The molecule has 0 saturated carbocycles. The number of hydrogen-bond acceptors (Lipinski definition) is 5. The molecule has 6 heteroatoms. The predicted octanol–water partition coefficient (Wildman–Crippen LogP) is 4.37. The third-order valence-corrected chi connectivity index (χ3v) is 4.28. The average Bonchev–Trinajstić information content (AvgIpc) is 3.17. The maximum absolute atomic E-state index is 12.3. The molecule has 0 radical (unpaired) electrons. The van der Waals surface area contributed by atoms with Gasteiger partial charge in [0.1, 0.15) is 5.69 Å². The van der Waals surface area contributed by atoms with Crippen molar-refractivity contribution in [2.24, 2.45) is 0 Å². The minimum atomic E-state index is -0.242. The fourth-order valence-electron chi connectivity index (χ4n) is 2.76. The lowest BCUT2D eigenvalue weighted by Crippen LogP contribution is -2.13. The van der Waals surface area contributed by atoms with Gasteiger partial charge in [0.25, 0.3) is 5.91 Å². The highest BCUT2D eigenvalue weighted by Crippen LogP contribution is 2.35. The van der Waals surface area contributed by atoms with E-state index < -0.39 is 0 Å². The van der Waals surface area contributed by atoms with Crippen LogP contribution in [-0.4, -0.2) is 17.7 Å². The van der Waals surface area contributed by atoms with Gasteiger partial charge in [0.05, 0.1) is 11.9 Å². The zero-order valence-corrected chi connectivity index (χ0v) is 14.9. The van der Waals surface area contributed by atoms with E-state index in [1.54, 1.807) is 12.3 Å². The van der Waals surface area contributed by atoms with Crippen LogP contribution in [0.1, 0.15) is 23.0 Å². The Morgan fingerprint density at radius 2 is 1.70 bits per heavy atom. The summed E-state index contributed by atoms with van der Waals surface area (Å²) in [6.07, 6.45) is 2.59. The highest BCUT2D eigenvalue weighted by molar-refractivity contribution is 6.02. The van der Waals surface area contributed by atoms with Crippen molar-refractivity contribution in [2.75, 3.05) is 17.4 Å². The number of carbonyl (C=O) groups is 1. The highest BCUT2D eigenvalue weighted by Gasteiger charge is 2.13.